The maximum Gasteiger partial charge on any atom is 0.184 e. The van der Waals surface area contributed by atoms with Crippen molar-refractivity contribution in [3.8, 4) is 0 Å². The van der Waals surface area contributed by atoms with Crippen LogP contribution in [0.3, 0.4) is 0 Å². The maximum absolute atomic E-state index is 14.0. The number of pyridine rings is 1. The molecule has 2 aromatic heterocycles. The first-order valence-electron chi connectivity index (χ1n) is 10.5. The SMILES string of the molecule is C[C@@H](c1nc2c(F)cc(F)c(F)c2[nH]1)C1CCC(c2ccnc3ccc(F)cc23)CC1. The van der Waals surface area contributed by atoms with Crippen molar-refractivity contribution in [2.24, 2.45) is 5.92 Å². The van der Waals surface area contributed by atoms with Crippen LogP contribution in [0.5, 0.6) is 0 Å². The topological polar surface area (TPSA) is 41.6 Å². The predicted molar refractivity (Wildman–Crippen MR) is 111 cm³/mol. The number of rotatable bonds is 3. The van der Waals surface area contributed by atoms with Crippen LogP contribution in [0.15, 0.2) is 36.5 Å². The van der Waals surface area contributed by atoms with E-state index in [4.69, 9.17) is 0 Å². The van der Waals surface area contributed by atoms with E-state index in [0.29, 0.717) is 17.8 Å². The number of fused-ring (bicyclic) bond motifs is 2. The summed E-state index contributed by atoms with van der Waals surface area (Å²) in [5.74, 6) is -2.49. The van der Waals surface area contributed by atoms with Crippen molar-refractivity contribution in [3.05, 3.63) is 71.2 Å². The number of halogens is 4. The fourth-order valence-corrected chi connectivity index (χ4v) is 4.95. The van der Waals surface area contributed by atoms with Crippen LogP contribution < -0.4 is 0 Å². The molecule has 31 heavy (non-hydrogen) atoms. The Morgan fingerprint density at radius 1 is 0.968 bits per heavy atom. The summed E-state index contributed by atoms with van der Waals surface area (Å²) in [5.41, 5.74) is 1.50. The van der Waals surface area contributed by atoms with Gasteiger partial charge in [0, 0.05) is 23.6 Å². The second-order valence-corrected chi connectivity index (χ2v) is 8.46. The first kappa shape index (κ1) is 20.0. The lowest BCUT2D eigenvalue weighted by molar-refractivity contribution is 0.286. The molecule has 2 aromatic carbocycles. The molecule has 1 saturated carbocycles. The van der Waals surface area contributed by atoms with Crippen molar-refractivity contribution >= 4 is 21.9 Å². The van der Waals surface area contributed by atoms with E-state index in [1.807, 2.05) is 13.0 Å². The van der Waals surface area contributed by atoms with Gasteiger partial charge in [0.25, 0.3) is 0 Å². The zero-order valence-electron chi connectivity index (χ0n) is 16.9. The summed E-state index contributed by atoms with van der Waals surface area (Å²) in [5, 5.41) is 0.851. The third-order valence-electron chi connectivity index (χ3n) is 6.72. The average Bonchev–Trinajstić information content (AvgIpc) is 3.23. The van der Waals surface area contributed by atoms with E-state index in [0.717, 1.165) is 42.1 Å². The standard InChI is InChI=1S/C24H21F4N3/c1-12(24-30-22-19(27)11-18(26)21(28)23(22)31-24)13-2-4-14(5-3-13)16-8-9-29-20-7-6-15(25)10-17(16)20/h6-14H,2-5H2,1H3,(H,30,31)/t12-,13?,14?/m1/s1. The lowest BCUT2D eigenvalue weighted by Gasteiger charge is -2.32. The zero-order chi connectivity index (χ0) is 21.7. The van der Waals surface area contributed by atoms with E-state index in [1.54, 1.807) is 18.3 Å². The van der Waals surface area contributed by atoms with Crippen LogP contribution in [0.4, 0.5) is 17.6 Å². The number of H-pyrrole nitrogens is 1. The van der Waals surface area contributed by atoms with Gasteiger partial charge in [0.1, 0.15) is 22.7 Å². The minimum absolute atomic E-state index is 0.0539. The van der Waals surface area contributed by atoms with Crippen LogP contribution in [0.2, 0.25) is 0 Å². The van der Waals surface area contributed by atoms with Gasteiger partial charge in [-0.25, -0.2) is 22.5 Å². The highest BCUT2D eigenvalue weighted by atomic mass is 19.2. The molecule has 1 fully saturated rings. The number of aromatic amines is 1. The Morgan fingerprint density at radius 3 is 2.52 bits per heavy atom. The van der Waals surface area contributed by atoms with Crippen molar-refractivity contribution in [1.29, 1.82) is 0 Å². The Morgan fingerprint density at radius 2 is 1.74 bits per heavy atom. The predicted octanol–water partition coefficient (Wildman–Crippen LogP) is 6.75. The van der Waals surface area contributed by atoms with Gasteiger partial charge < -0.3 is 4.98 Å². The average molecular weight is 427 g/mol. The molecule has 0 amide bonds. The first-order chi connectivity index (χ1) is 14.9. The molecule has 1 N–H and O–H groups in total. The fraction of sp³-hybridized carbons (Fsp3) is 0.333. The van der Waals surface area contributed by atoms with Crippen molar-refractivity contribution in [1.82, 2.24) is 15.0 Å². The van der Waals surface area contributed by atoms with Crippen molar-refractivity contribution in [2.75, 3.05) is 0 Å². The highest BCUT2D eigenvalue weighted by molar-refractivity contribution is 5.82. The second kappa shape index (κ2) is 7.62. The zero-order valence-corrected chi connectivity index (χ0v) is 16.9. The molecule has 0 saturated heterocycles. The summed E-state index contributed by atoms with van der Waals surface area (Å²) < 4.78 is 55.4. The number of imidazole rings is 1. The highest BCUT2D eigenvalue weighted by Crippen LogP contribution is 2.43. The van der Waals surface area contributed by atoms with E-state index in [2.05, 4.69) is 15.0 Å². The molecule has 0 unspecified atom stereocenters. The lowest BCUT2D eigenvalue weighted by atomic mass is 9.73. The quantitative estimate of drug-likeness (QED) is 0.290. The molecule has 0 bridgehead atoms. The van der Waals surface area contributed by atoms with Gasteiger partial charge in [-0.1, -0.05) is 6.92 Å². The molecule has 1 aliphatic rings. The Hall–Kier alpha value is -2.96. The van der Waals surface area contributed by atoms with Crippen molar-refractivity contribution in [3.63, 3.8) is 0 Å². The van der Waals surface area contributed by atoms with E-state index < -0.39 is 17.5 Å². The summed E-state index contributed by atoms with van der Waals surface area (Å²) in [7, 11) is 0. The number of hydrogen-bond donors (Lipinski definition) is 1. The Balaban J connectivity index is 1.36. The lowest BCUT2D eigenvalue weighted by Crippen LogP contribution is -2.19. The molecular formula is C24H21F4N3. The summed E-state index contributed by atoms with van der Waals surface area (Å²) in [6.45, 7) is 1.98. The molecule has 2 heterocycles. The second-order valence-electron chi connectivity index (χ2n) is 8.46. The largest absolute Gasteiger partial charge is 0.339 e. The van der Waals surface area contributed by atoms with Gasteiger partial charge in [-0.15, -0.1) is 0 Å². The Kier molecular flexibility index (Phi) is 4.91. The van der Waals surface area contributed by atoms with E-state index in [9.17, 15) is 17.6 Å². The van der Waals surface area contributed by atoms with Gasteiger partial charge in [-0.05, 0) is 67.3 Å². The van der Waals surface area contributed by atoms with Gasteiger partial charge in [0.05, 0.1) is 5.52 Å². The van der Waals surface area contributed by atoms with Gasteiger partial charge in [0.15, 0.2) is 17.5 Å². The number of aromatic nitrogens is 3. The van der Waals surface area contributed by atoms with Crippen LogP contribution >= 0.6 is 0 Å². The van der Waals surface area contributed by atoms with E-state index in [-0.39, 0.29) is 28.7 Å². The molecule has 1 aliphatic carbocycles. The highest BCUT2D eigenvalue weighted by Gasteiger charge is 2.30. The number of benzene rings is 2. The third kappa shape index (κ3) is 3.46. The van der Waals surface area contributed by atoms with E-state index in [1.165, 1.54) is 6.07 Å². The molecular weight excluding hydrogens is 406 g/mol. The van der Waals surface area contributed by atoms with Crippen LogP contribution in [0.25, 0.3) is 21.9 Å². The first-order valence-corrected chi connectivity index (χ1v) is 10.5. The fourth-order valence-electron chi connectivity index (χ4n) is 4.95. The maximum atomic E-state index is 14.0. The van der Waals surface area contributed by atoms with Crippen LogP contribution in [0, 0.1) is 29.2 Å². The molecule has 7 heteroatoms. The third-order valence-corrected chi connectivity index (χ3v) is 6.72. The van der Waals surface area contributed by atoms with Gasteiger partial charge in [-0.3, -0.25) is 4.98 Å². The molecule has 0 spiro atoms. The molecule has 160 valence electrons. The normalized spacial score (nSPS) is 20.4. The summed E-state index contributed by atoms with van der Waals surface area (Å²) >= 11 is 0. The minimum atomic E-state index is -1.23. The number of nitrogens with one attached hydrogen (secondary N) is 1. The summed E-state index contributed by atoms with van der Waals surface area (Å²) in [4.78, 5) is 11.4. The molecule has 0 radical (unpaired) electrons. The van der Waals surface area contributed by atoms with Crippen LogP contribution in [-0.4, -0.2) is 15.0 Å². The monoisotopic (exact) mass is 427 g/mol. The number of hydrogen-bond acceptors (Lipinski definition) is 2. The Labute approximate surface area is 176 Å². The molecule has 0 aliphatic heterocycles. The number of nitrogens with zero attached hydrogens (tertiary/aromatic N) is 2. The summed E-state index contributed by atoms with van der Waals surface area (Å²) in [6, 6.07) is 7.16. The smallest absolute Gasteiger partial charge is 0.184 e. The van der Waals surface area contributed by atoms with Gasteiger partial charge >= 0.3 is 0 Å². The summed E-state index contributed by atoms with van der Waals surface area (Å²) in [6.07, 6.45) is 5.41. The molecule has 4 aromatic rings. The van der Waals surface area contributed by atoms with Gasteiger partial charge in [-0.2, -0.15) is 0 Å². The molecule has 3 nitrogen and oxygen atoms in total. The van der Waals surface area contributed by atoms with Gasteiger partial charge in [0.2, 0.25) is 0 Å². The molecule has 1 atom stereocenters. The van der Waals surface area contributed by atoms with E-state index >= 15 is 0 Å². The van der Waals surface area contributed by atoms with Crippen LogP contribution in [-0.2, 0) is 0 Å². The minimum Gasteiger partial charge on any atom is -0.339 e. The molecule has 5 rings (SSSR count). The van der Waals surface area contributed by atoms with Crippen molar-refractivity contribution < 1.29 is 17.6 Å². The van der Waals surface area contributed by atoms with Crippen molar-refractivity contribution in [2.45, 2.75) is 44.4 Å². The van der Waals surface area contributed by atoms with Crippen LogP contribution in [0.1, 0.15) is 55.8 Å². The Bertz CT molecular complexity index is 1280.